The Balaban J connectivity index is 0.000000208. The summed E-state index contributed by atoms with van der Waals surface area (Å²) in [5.74, 6) is -0.295. The van der Waals surface area contributed by atoms with Crippen LogP contribution in [0.4, 0.5) is 0 Å². The van der Waals surface area contributed by atoms with Gasteiger partial charge in [-0.15, -0.1) is 0 Å². The lowest BCUT2D eigenvalue weighted by molar-refractivity contribution is -0.133. The summed E-state index contributed by atoms with van der Waals surface area (Å²) in [6.45, 7) is 4.26. The maximum Gasteiger partial charge on any atom is 0.338 e. The van der Waals surface area contributed by atoms with E-state index in [9.17, 15) is 4.79 Å². The van der Waals surface area contributed by atoms with Gasteiger partial charge in [-0.2, -0.15) is 0 Å². The van der Waals surface area contributed by atoms with Crippen LogP contribution >= 0.6 is 22.6 Å². The molecular weight excluding hydrogens is 567 g/mol. The molecule has 0 aliphatic carbocycles. The average Bonchev–Trinajstić information content (AvgIpc) is 2.98. The molecule has 0 bridgehead atoms. The number of halogens is 1. The minimum absolute atomic E-state index is 0.295. The number of hydrogen-bond donors (Lipinski definition) is 0. The number of ether oxygens (including phenoxy) is 1. The molecule has 37 heavy (non-hydrogen) atoms. The monoisotopic (exact) mass is 600 g/mol. The van der Waals surface area contributed by atoms with E-state index < -0.39 is 0 Å². The first kappa shape index (κ1) is 28.1. The van der Waals surface area contributed by atoms with E-state index in [1.54, 1.807) is 0 Å². The molecule has 3 heteroatoms. The van der Waals surface area contributed by atoms with Crippen LogP contribution in [-0.4, -0.2) is 13.1 Å². The second-order valence-electron chi connectivity index (χ2n) is 8.31. The van der Waals surface area contributed by atoms with Crippen molar-refractivity contribution in [1.29, 1.82) is 0 Å². The summed E-state index contributed by atoms with van der Waals surface area (Å²) >= 11 is 2.45. The van der Waals surface area contributed by atoms with Gasteiger partial charge in [-0.1, -0.05) is 135 Å². The van der Waals surface area contributed by atoms with Crippen molar-refractivity contribution in [2.75, 3.05) is 7.11 Å². The molecule has 0 aliphatic rings. The van der Waals surface area contributed by atoms with Gasteiger partial charge in [0.05, 0.1) is 12.7 Å². The Kier molecular flexibility index (Phi) is 11.4. The molecule has 0 saturated heterocycles. The van der Waals surface area contributed by atoms with Gasteiger partial charge in [0.15, 0.2) is 0 Å². The van der Waals surface area contributed by atoms with Gasteiger partial charge in [0.1, 0.15) is 0 Å². The number of allylic oxidation sites excluding steroid dienone is 2. The minimum Gasteiger partial charge on any atom is -0.465 e. The van der Waals surface area contributed by atoms with Crippen molar-refractivity contribution in [3.63, 3.8) is 0 Å². The number of rotatable bonds is 7. The quantitative estimate of drug-likeness (QED) is 0.0914. The average molecular weight is 601 g/mol. The van der Waals surface area contributed by atoms with Crippen molar-refractivity contribution in [2.24, 2.45) is 0 Å². The summed E-state index contributed by atoms with van der Waals surface area (Å²) in [7, 11) is 1.42. The second-order valence-corrected chi connectivity index (χ2v) is 9.39. The highest BCUT2D eigenvalue weighted by molar-refractivity contribution is 14.1. The van der Waals surface area contributed by atoms with E-state index in [0.717, 1.165) is 29.5 Å². The number of hydrogen-bond acceptors (Lipinski definition) is 2. The van der Waals surface area contributed by atoms with Crippen LogP contribution in [0.15, 0.2) is 121 Å². The van der Waals surface area contributed by atoms with Crippen molar-refractivity contribution in [3.05, 3.63) is 144 Å². The number of methoxy groups -OCH3 is 1. The third-order valence-electron chi connectivity index (χ3n) is 6.00. The molecule has 0 radical (unpaired) electrons. The standard InChI is InChI=1S/C18H18O2.C16H15I/c1-3-16(14-10-6-4-7-11-14)17(18(19)20-2)15-12-8-5-9-13-15;1-2-15(13-9-5-3-6-10-13)16(17)14-11-7-4-8-12-14/h4-13H,3H2,1-2H3;3-12H,2H2,1H3/b;16-15+. The molecule has 0 fully saturated rings. The Morgan fingerprint density at radius 2 is 0.919 bits per heavy atom. The van der Waals surface area contributed by atoms with Gasteiger partial charge < -0.3 is 4.74 Å². The van der Waals surface area contributed by atoms with E-state index in [1.807, 2.05) is 67.6 Å². The van der Waals surface area contributed by atoms with Crippen LogP contribution in [0.25, 0.3) is 20.3 Å². The van der Waals surface area contributed by atoms with Crippen LogP contribution in [0.5, 0.6) is 0 Å². The maximum atomic E-state index is 12.2. The van der Waals surface area contributed by atoms with Crippen LogP contribution in [0.3, 0.4) is 0 Å². The molecule has 0 atom stereocenters. The van der Waals surface area contributed by atoms with Crippen LogP contribution in [0.1, 0.15) is 48.9 Å². The lowest BCUT2D eigenvalue weighted by Gasteiger charge is -2.13. The Morgan fingerprint density at radius 1 is 0.568 bits per heavy atom. The van der Waals surface area contributed by atoms with E-state index >= 15 is 0 Å². The molecule has 0 aliphatic heterocycles. The zero-order valence-electron chi connectivity index (χ0n) is 21.7. The highest BCUT2D eigenvalue weighted by atomic mass is 127. The van der Waals surface area contributed by atoms with Gasteiger partial charge in [0.2, 0.25) is 0 Å². The van der Waals surface area contributed by atoms with E-state index in [2.05, 4.69) is 90.2 Å². The van der Waals surface area contributed by atoms with Gasteiger partial charge >= 0.3 is 5.97 Å². The van der Waals surface area contributed by atoms with Crippen LogP contribution in [0.2, 0.25) is 0 Å². The molecule has 2 nitrogen and oxygen atoms in total. The first-order chi connectivity index (χ1) is 18.1. The van der Waals surface area contributed by atoms with Crippen molar-refractivity contribution in [3.8, 4) is 0 Å². The van der Waals surface area contributed by atoms with E-state index in [-0.39, 0.29) is 5.97 Å². The van der Waals surface area contributed by atoms with Gasteiger partial charge in [0, 0.05) is 3.58 Å². The topological polar surface area (TPSA) is 26.3 Å². The van der Waals surface area contributed by atoms with E-state index in [1.165, 1.54) is 27.4 Å². The molecule has 4 rings (SSSR count). The molecular formula is C34H33IO2. The third kappa shape index (κ3) is 7.77. The zero-order chi connectivity index (χ0) is 26.5. The van der Waals surface area contributed by atoms with Crippen molar-refractivity contribution < 1.29 is 9.53 Å². The summed E-state index contributed by atoms with van der Waals surface area (Å²) in [6.07, 6.45) is 1.82. The molecule has 0 saturated carbocycles. The van der Waals surface area contributed by atoms with E-state index in [0.29, 0.717) is 5.57 Å². The second kappa shape index (κ2) is 15.0. The van der Waals surface area contributed by atoms with Gasteiger partial charge in [0.25, 0.3) is 0 Å². The van der Waals surface area contributed by atoms with Crippen molar-refractivity contribution >= 4 is 48.9 Å². The molecule has 188 valence electrons. The lowest BCUT2D eigenvalue weighted by atomic mass is 9.93. The number of carbonyl (C=O) groups is 1. The van der Waals surface area contributed by atoms with Gasteiger partial charge in [-0.25, -0.2) is 4.79 Å². The highest BCUT2D eigenvalue weighted by Crippen LogP contribution is 2.33. The third-order valence-corrected chi connectivity index (χ3v) is 7.27. The summed E-state index contributed by atoms with van der Waals surface area (Å²) in [6, 6.07) is 40.8. The van der Waals surface area contributed by atoms with E-state index in [4.69, 9.17) is 4.74 Å². The Hall–Kier alpha value is -3.44. The molecule has 0 amide bonds. The van der Waals surface area contributed by atoms with Crippen LogP contribution in [0, 0.1) is 0 Å². The zero-order valence-corrected chi connectivity index (χ0v) is 23.8. The molecule has 0 spiro atoms. The Labute approximate surface area is 234 Å². The molecule has 0 N–H and O–H groups in total. The first-order valence-corrected chi connectivity index (χ1v) is 13.6. The fraction of sp³-hybridized carbons (Fsp3) is 0.147. The van der Waals surface area contributed by atoms with Gasteiger partial charge in [-0.3, -0.25) is 0 Å². The fourth-order valence-corrected chi connectivity index (χ4v) is 5.22. The van der Waals surface area contributed by atoms with Crippen LogP contribution < -0.4 is 0 Å². The summed E-state index contributed by atoms with van der Waals surface area (Å²) < 4.78 is 6.32. The predicted molar refractivity (Wildman–Crippen MR) is 166 cm³/mol. The fourth-order valence-electron chi connectivity index (χ4n) is 4.17. The predicted octanol–water partition coefficient (Wildman–Crippen LogP) is 9.58. The molecule has 0 aromatic heterocycles. The molecule has 0 heterocycles. The summed E-state index contributed by atoms with van der Waals surface area (Å²) in [5, 5.41) is 0. The minimum atomic E-state index is -0.295. The Morgan fingerprint density at radius 3 is 1.30 bits per heavy atom. The Bertz CT molecular complexity index is 1310. The van der Waals surface area contributed by atoms with Gasteiger partial charge in [-0.05, 0) is 68.8 Å². The summed E-state index contributed by atoms with van der Waals surface area (Å²) in [5.41, 5.74) is 7.62. The molecule has 0 unspecified atom stereocenters. The van der Waals surface area contributed by atoms with Crippen molar-refractivity contribution in [1.82, 2.24) is 0 Å². The SMILES string of the molecule is CC/C(=C(\I)c1ccccc1)c1ccccc1.CCC(=C(C(=O)OC)c1ccccc1)c1ccccc1. The maximum absolute atomic E-state index is 12.2. The first-order valence-electron chi connectivity index (χ1n) is 12.5. The normalized spacial score (nSPS) is 11.9. The lowest BCUT2D eigenvalue weighted by Crippen LogP contribution is -2.07. The number of esters is 1. The molecule has 4 aromatic carbocycles. The highest BCUT2D eigenvalue weighted by Gasteiger charge is 2.18. The van der Waals surface area contributed by atoms with Crippen LogP contribution in [-0.2, 0) is 9.53 Å². The number of benzene rings is 4. The molecule has 4 aromatic rings. The summed E-state index contributed by atoms with van der Waals surface area (Å²) in [4.78, 5) is 12.2. The smallest absolute Gasteiger partial charge is 0.338 e. The largest absolute Gasteiger partial charge is 0.465 e. The number of carbonyl (C=O) groups excluding carboxylic acids is 1. The van der Waals surface area contributed by atoms with Crippen molar-refractivity contribution in [2.45, 2.75) is 26.7 Å².